The number of hydrogen-bond donors (Lipinski definition) is 1. The topological polar surface area (TPSA) is 53.9 Å². The molecular formula is C15H15N5S. The summed E-state index contributed by atoms with van der Waals surface area (Å²) in [5.74, 6) is 1.01. The van der Waals surface area contributed by atoms with Gasteiger partial charge in [-0.2, -0.15) is 4.37 Å². The predicted octanol–water partition coefficient (Wildman–Crippen LogP) is 2.16. The van der Waals surface area contributed by atoms with Gasteiger partial charge in [0.1, 0.15) is 22.2 Å². The van der Waals surface area contributed by atoms with Gasteiger partial charge < -0.3 is 10.2 Å². The van der Waals surface area contributed by atoms with Crippen molar-refractivity contribution in [2.75, 3.05) is 31.1 Å². The average Bonchev–Trinajstić information content (AvgIpc) is 3.00. The number of aromatic nitrogens is 3. The minimum Gasteiger partial charge on any atom is -0.353 e. The van der Waals surface area contributed by atoms with E-state index in [1.54, 1.807) is 6.33 Å². The Morgan fingerprint density at radius 1 is 1.05 bits per heavy atom. The van der Waals surface area contributed by atoms with E-state index in [0.29, 0.717) is 0 Å². The van der Waals surface area contributed by atoms with Gasteiger partial charge in [0, 0.05) is 31.7 Å². The van der Waals surface area contributed by atoms with E-state index in [0.717, 1.165) is 53.5 Å². The molecule has 1 N–H and O–H groups in total. The Bertz CT molecular complexity index is 749. The predicted molar refractivity (Wildman–Crippen MR) is 85.7 cm³/mol. The van der Waals surface area contributed by atoms with Crippen LogP contribution in [-0.4, -0.2) is 40.5 Å². The number of anilines is 1. The summed E-state index contributed by atoms with van der Waals surface area (Å²) < 4.78 is 5.70. The molecule has 3 aromatic rings. The minimum atomic E-state index is 0.953. The van der Waals surface area contributed by atoms with Gasteiger partial charge in [0.05, 0.1) is 0 Å². The second-order valence-corrected chi connectivity index (χ2v) is 5.78. The van der Waals surface area contributed by atoms with Crippen LogP contribution in [-0.2, 0) is 0 Å². The van der Waals surface area contributed by atoms with Gasteiger partial charge in [-0.15, -0.1) is 0 Å². The van der Waals surface area contributed by atoms with Crippen LogP contribution in [0.15, 0.2) is 36.7 Å². The van der Waals surface area contributed by atoms with Crippen LogP contribution in [0.4, 0.5) is 5.82 Å². The minimum absolute atomic E-state index is 0.953. The largest absolute Gasteiger partial charge is 0.353 e. The number of nitrogens with one attached hydrogen (secondary N) is 1. The number of piperazine rings is 1. The first-order chi connectivity index (χ1) is 10.4. The molecule has 0 bridgehead atoms. The van der Waals surface area contributed by atoms with E-state index >= 15 is 0 Å². The first kappa shape index (κ1) is 12.7. The van der Waals surface area contributed by atoms with Crippen molar-refractivity contribution in [1.82, 2.24) is 19.7 Å². The molecule has 0 atom stereocenters. The lowest BCUT2D eigenvalue weighted by Crippen LogP contribution is -2.43. The summed E-state index contributed by atoms with van der Waals surface area (Å²) in [7, 11) is 0. The fraction of sp³-hybridized carbons (Fsp3) is 0.267. The van der Waals surface area contributed by atoms with Gasteiger partial charge in [0.15, 0.2) is 5.82 Å². The molecular weight excluding hydrogens is 282 g/mol. The molecule has 1 saturated heterocycles. The Balaban J connectivity index is 1.83. The van der Waals surface area contributed by atoms with Crippen molar-refractivity contribution in [3.8, 4) is 11.3 Å². The average molecular weight is 297 g/mol. The Labute approximate surface area is 126 Å². The van der Waals surface area contributed by atoms with Crippen LogP contribution in [0.1, 0.15) is 0 Å². The Morgan fingerprint density at radius 2 is 1.86 bits per heavy atom. The molecule has 4 rings (SSSR count). The Kier molecular flexibility index (Phi) is 3.25. The van der Waals surface area contributed by atoms with E-state index in [4.69, 9.17) is 0 Å². The van der Waals surface area contributed by atoms with Gasteiger partial charge in [-0.3, -0.25) is 0 Å². The maximum Gasteiger partial charge on any atom is 0.151 e. The molecule has 0 radical (unpaired) electrons. The summed E-state index contributed by atoms with van der Waals surface area (Å²) in [6.07, 6.45) is 1.65. The molecule has 3 heterocycles. The van der Waals surface area contributed by atoms with Gasteiger partial charge >= 0.3 is 0 Å². The van der Waals surface area contributed by atoms with E-state index in [-0.39, 0.29) is 0 Å². The number of hydrogen-bond acceptors (Lipinski definition) is 6. The molecule has 0 spiro atoms. The van der Waals surface area contributed by atoms with Crippen molar-refractivity contribution in [2.24, 2.45) is 0 Å². The molecule has 0 aliphatic carbocycles. The molecule has 5 nitrogen and oxygen atoms in total. The normalized spacial score (nSPS) is 15.5. The first-order valence-corrected chi connectivity index (χ1v) is 7.82. The van der Waals surface area contributed by atoms with Gasteiger partial charge in [-0.1, -0.05) is 30.3 Å². The molecule has 21 heavy (non-hydrogen) atoms. The number of benzene rings is 1. The van der Waals surface area contributed by atoms with Crippen molar-refractivity contribution in [1.29, 1.82) is 0 Å². The highest BCUT2D eigenvalue weighted by molar-refractivity contribution is 7.14. The molecule has 0 amide bonds. The summed E-state index contributed by atoms with van der Waals surface area (Å²) in [5, 5.41) is 3.37. The molecule has 1 aromatic carbocycles. The molecule has 106 valence electrons. The van der Waals surface area contributed by atoms with E-state index < -0.39 is 0 Å². The van der Waals surface area contributed by atoms with Crippen molar-refractivity contribution in [2.45, 2.75) is 0 Å². The third-order valence-corrected chi connectivity index (χ3v) is 4.53. The van der Waals surface area contributed by atoms with Crippen molar-refractivity contribution < 1.29 is 0 Å². The van der Waals surface area contributed by atoms with E-state index in [1.807, 2.05) is 18.2 Å². The SMILES string of the molecule is c1ccc(-c2nsc3c(N4CCNCC4)ncnc23)cc1. The zero-order valence-corrected chi connectivity index (χ0v) is 12.3. The Hall–Kier alpha value is -2.05. The lowest BCUT2D eigenvalue weighted by molar-refractivity contribution is 0.586. The van der Waals surface area contributed by atoms with Crippen LogP contribution in [0, 0.1) is 0 Å². The second-order valence-electron chi connectivity index (χ2n) is 5.01. The number of fused-ring (bicyclic) bond motifs is 1. The summed E-state index contributed by atoms with van der Waals surface area (Å²) in [5.41, 5.74) is 3.01. The summed E-state index contributed by atoms with van der Waals surface area (Å²) in [6.45, 7) is 3.95. The number of rotatable bonds is 2. The molecule has 1 fully saturated rings. The first-order valence-electron chi connectivity index (χ1n) is 7.05. The van der Waals surface area contributed by atoms with Crippen LogP contribution in [0.5, 0.6) is 0 Å². The highest BCUT2D eigenvalue weighted by Crippen LogP contribution is 2.33. The van der Waals surface area contributed by atoms with Crippen molar-refractivity contribution in [3.05, 3.63) is 36.7 Å². The van der Waals surface area contributed by atoms with Gasteiger partial charge in [-0.25, -0.2) is 9.97 Å². The lowest BCUT2D eigenvalue weighted by Gasteiger charge is -2.28. The third-order valence-electron chi connectivity index (χ3n) is 3.70. The van der Waals surface area contributed by atoms with E-state index in [9.17, 15) is 0 Å². The monoisotopic (exact) mass is 297 g/mol. The molecule has 0 saturated carbocycles. The zero-order valence-electron chi connectivity index (χ0n) is 11.5. The molecule has 1 aliphatic rings. The second kappa shape index (κ2) is 5.38. The maximum atomic E-state index is 4.62. The summed E-state index contributed by atoms with van der Waals surface area (Å²) in [6, 6.07) is 10.2. The maximum absolute atomic E-state index is 4.62. The summed E-state index contributed by atoms with van der Waals surface area (Å²) in [4.78, 5) is 11.3. The van der Waals surface area contributed by atoms with Gasteiger partial charge in [0.25, 0.3) is 0 Å². The van der Waals surface area contributed by atoms with E-state index in [2.05, 4.69) is 36.7 Å². The van der Waals surface area contributed by atoms with Crippen molar-refractivity contribution >= 4 is 27.6 Å². The fourth-order valence-electron chi connectivity index (χ4n) is 2.64. The molecule has 1 aliphatic heterocycles. The molecule has 2 aromatic heterocycles. The van der Waals surface area contributed by atoms with Crippen LogP contribution < -0.4 is 10.2 Å². The van der Waals surface area contributed by atoms with Gasteiger partial charge in [-0.05, 0) is 11.5 Å². The van der Waals surface area contributed by atoms with Crippen molar-refractivity contribution in [3.63, 3.8) is 0 Å². The highest BCUT2D eigenvalue weighted by Gasteiger charge is 2.19. The van der Waals surface area contributed by atoms with Gasteiger partial charge in [0.2, 0.25) is 0 Å². The van der Waals surface area contributed by atoms with Crippen LogP contribution >= 0.6 is 11.5 Å². The smallest absolute Gasteiger partial charge is 0.151 e. The highest BCUT2D eigenvalue weighted by atomic mass is 32.1. The zero-order chi connectivity index (χ0) is 14.1. The van der Waals surface area contributed by atoms with E-state index in [1.165, 1.54) is 11.5 Å². The molecule has 0 unspecified atom stereocenters. The third kappa shape index (κ3) is 2.26. The summed E-state index contributed by atoms with van der Waals surface area (Å²) >= 11 is 1.49. The fourth-order valence-corrected chi connectivity index (χ4v) is 3.51. The van der Waals surface area contributed by atoms with Crippen LogP contribution in [0.3, 0.4) is 0 Å². The Morgan fingerprint density at radius 3 is 2.67 bits per heavy atom. The lowest BCUT2D eigenvalue weighted by atomic mass is 10.1. The number of nitrogens with zero attached hydrogens (tertiary/aromatic N) is 4. The van der Waals surface area contributed by atoms with Crippen LogP contribution in [0.25, 0.3) is 21.5 Å². The standard InChI is InChI=1S/C15H15N5S/c1-2-4-11(5-3-1)12-13-14(21-19-12)15(18-10-17-13)20-8-6-16-7-9-20/h1-5,10,16H,6-9H2. The quantitative estimate of drug-likeness (QED) is 0.785. The molecule has 6 heteroatoms. The van der Waals surface area contributed by atoms with Crippen LogP contribution in [0.2, 0.25) is 0 Å².